The molecule has 0 spiro atoms. The summed E-state index contributed by atoms with van der Waals surface area (Å²) in [5, 5.41) is 4.34. The number of rotatable bonds is 2. The quantitative estimate of drug-likeness (QED) is 0.842. The summed E-state index contributed by atoms with van der Waals surface area (Å²) in [4.78, 5) is 0. The molecule has 1 nitrogen and oxygen atoms in total. The molecule has 1 saturated carbocycles. The molecule has 2 rings (SSSR count). The monoisotopic (exact) mass is 259 g/mol. The van der Waals surface area contributed by atoms with E-state index in [4.69, 9.17) is 11.6 Å². The largest absolute Gasteiger partial charge is 0.310 e. The Balaban J connectivity index is 0.00000128. The number of nitrogens with one attached hydrogen (secondary N) is 1. The van der Waals surface area contributed by atoms with Crippen LogP contribution in [0.15, 0.2) is 24.3 Å². The smallest absolute Gasteiger partial charge is 0.0432 e. The zero-order chi connectivity index (χ0) is 10.7. The molecule has 1 aromatic carbocycles. The minimum absolute atomic E-state index is 0. The fourth-order valence-corrected chi connectivity index (χ4v) is 2.81. The van der Waals surface area contributed by atoms with Gasteiger partial charge in [-0.3, -0.25) is 0 Å². The summed E-state index contributed by atoms with van der Waals surface area (Å²) in [6.07, 6.45) is 6.44. The van der Waals surface area contributed by atoms with Gasteiger partial charge in [0.1, 0.15) is 0 Å². The van der Waals surface area contributed by atoms with Gasteiger partial charge in [0.15, 0.2) is 0 Å². The van der Waals surface area contributed by atoms with Crippen LogP contribution in [0.5, 0.6) is 0 Å². The molecular weight excluding hydrogens is 241 g/mol. The van der Waals surface area contributed by atoms with Crippen LogP contribution in [0.3, 0.4) is 0 Å². The fraction of sp³-hybridized carbons (Fsp3) is 0.538. The maximum Gasteiger partial charge on any atom is 0.0432 e. The maximum atomic E-state index is 6.06. The van der Waals surface area contributed by atoms with E-state index in [0.29, 0.717) is 0 Å². The van der Waals surface area contributed by atoms with Gasteiger partial charge >= 0.3 is 0 Å². The summed E-state index contributed by atoms with van der Waals surface area (Å²) in [6, 6.07) is 8.28. The van der Waals surface area contributed by atoms with Crippen LogP contribution in [-0.4, -0.2) is 7.05 Å². The van der Waals surface area contributed by atoms with Gasteiger partial charge in [-0.25, -0.2) is 0 Å². The van der Waals surface area contributed by atoms with Gasteiger partial charge < -0.3 is 5.32 Å². The molecule has 1 fully saturated rings. The normalized spacial score (nSPS) is 18.9. The summed E-state index contributed by atoms with van der Waals surface area (Å²) in [5.41, 5.74) is 1.51. The number of hydrogen-bond donors (Lipinski definition) is 1. The lowest BCUT2D eigenvalue weighted by molar-refractivity contribution is 0.250. The van der Waals surface area contributed by atoms with Gasteiger partial charge in [-0.2, -0.15) is 0 Å². The van der Waals surface area contributed by atoms with Gasteiger partial charge in [0.2, 0.25) is 0 Å². The Labute approximate surface area is 109 Å². The lowest BCUT2D eigenvalue weighted by Gasteiger charge is -2.37. The van der Waals surface area contributed by atoms with Crippen LogP contribution in [0.25, 0.3) is 0 Å². The zero-order valence-electron chi connectivity index (χ0n) is 9.63. The SMILES string of the molecule is CNC1(c2cccc(Cl)c2)CCCCC1.Cl. The first kappa shape index (κ1) is 13.8. The molecule has 0 heterocycles. The van der Waals surface area contributed by atoms with Crippen LogP contribution in [-0.2, 0) is 5.54 Å². The van der Waals surface area contributed by atoms with Crippen molar-refractivity contribution in [2.24, 2.45) is 0 Å². The summed E-state index contributed by atoms with van der Waals surface area (Å²) in [7, 11) is 2.06. The first-order valence-electron chi connectivity index (χ1n) is 5.72. The van der Waals surface area contributed by atoms with E-state index < -0.39 is 0 Å². The van der Waals surface area contributed by atoms with Crippen molar-refractivity contribution < 1.29 is 0 Å². The first-order valence-corrected chi connectivity index (χ1v) is 6.10. The Hall–Kier alpha value is -0.240. The topological polar surface area (TPSA) is 12.0 Å². The molecule has 0 aromatic heterocycles. The summed E-state index contributed by atoms with van der Waals surface area (Å²) < 4.78 is 0. The zero-order valence-corrected chi connectivity index (χ0v) is 11.2. The molecule has 1 aliphatic carbocycles. The van der Waals surface area contributed by atoms with Gasteiger partial charge in [0.25, 0.3) is 0 Å². The van der Waals surface area contributed by atoms with E-state index in [-0.39, 0.29) is 17.9 Å². The summed E-state index contributed by atoms with van der Waals surface area (Å²) in [6.45, 7) is 0. The average Bonchev–Trinajstić information content (AvgIpc) is 2.30. The highest BCUT2D eigenvalue weighted by atomic mass is 35.5. The van der Waals surface area contributed by atoms with Crippen molar-refractivity contribution >= 4 is 24.0 Å². The van der Waals surface area contributed by atoms with Gasteiger partial charge in [-0.05, 0) is 37.6 Å². The predicted molar refractivity (Wildman–Crippen MR) is 72.5 cm³/mol. The lowest BCUT2D eigenvalue weighted by Crippen LogP contribution is -2.41. The molecule has 0 amide bonds. The van der Waals surface area contributed by atoms with Crippen molar-refractivity contribution in [2.75, 3.05) is 7.05 Å². The van der Waals surface area contributed by atoms with Gasteiger partial charge in [0, 0.05) is 10.6 Å². The van der Waals surface area contributed by atoms with Crippen molar-refractivity contribution in [3.05, 3.63) is 34.9 Å². The van der Waals surface area contributed by atoms with E-state index in [0.717, 1.165) is 5.02 Å². The second-order valence-electron chi connectivity index (χ2n) is 4.40. The molecule has 1 N–H and O–H groups in total. The fourth-order valence-electron chi connectivity index (χ4n) is 2.62. The van der Waals surface area contributed by atoms with Gasteiger partial charge in [0.05, 0.1) is 0 Å². The molecule has 0 bridgehead atoms. The van der Waals surface area contributed by atoms with Crippen LogP contribution < -0.4 is 5.32 Å². The lowest BCUT2D eigenvalue weighted by atomic mass is 9.77. The van der Waals surface area contributed by atoms with E-state index >= 15 is 0 Å². The Morgan fingerprint density at radius 1 is 1.19 bits per heavy atom. The van der Waals surface area contributed by atoms with Crippen molar-refractivity contribution in [3.63, 3.8) is 0 Å². The van der Waals surface area contributed by atoms with E-state index in [1.165, 1.54) is 37.7 Å². The highest BCUT2D eigenvalue weighted by Crippen LogP contribution is 2.37. The Morgan fingerprint density at radius 2 is 1.88 bits per heavy atom. The standard InChI is InChI=1S/C13H18ClN.ClH/c1-15-13(8-3-2-4-9-13)11-6-5-7-12(14)10-11;/h5-7,10,15H,2-4,8-9H2,1H3;1H. The van der Waals surface area contributed by atoms with Gasteiger partial charge in [-0.1, -0.05) is 43.0 Å². The molecule has 0 atom stereocenters. The average molecular weight is 260 g/mol. The van der Waals surface area contributed by atoms with Crippen molar-refractivity contribution in [1.82, 2.24) is 5.32 Å². The Bertz CT molecular complexity index is 332. The molecule has 0 aliphatic heterocycles. The van der Waals surface area contributed by atoms with Crippen LogP contribution in [0.2, 0.25) is 5.02 Å². The van der Waals surface area contributed by atoms with Crippen LogP contribution >= 0.6 is 24.0 Å². The van der Waals surface area contributed by atoms with Gasteiger partial charge in [-0.15, -0.1) is 12.4 Å². The van der Waals surface area contributed by atoms with E-state index in [9.17, 15) is 0 Å². The van der Waals surface area contributed by atoms with E-state index in [1.54, 1.807) is 0 Å². The molecule has 1 aromatic rings. The highest BCUT2D eigenvalue weighted by Gasteiger charge is 2.31. The third-order valence-electron chi connectivity index (χ3n) is 3.56. The number of halogens is 2. The minimum atomic E-state index is 0. The van der Waals surface area contributed by atoms with Crippen molar-refractivity contribution in [3.8, 4) is 0 Å². The summed E-state index contributed by atoms with van der Waals surface area (Å²) >= 11 is 6.06. The van der Waals surface area contributed by atoms with Crippen molar-refractivity contribution in [2.45, 2.75) is 37.6 Å². The second-order valence-corrected chi connectivity index (χ2v) is 4.84. The van der Waals surface area contributed by atoms with Crippen molar-refractivity contribution in [1.29, 1.82) is 0 Å². The molecule has 90 valence electrons. The van der Waals surface area contributed by atoms with Crippen LogP contribution in [0.4, 0.5) is 0 Å². The first-order chi connectivity index (χ1) is 7.27. The molecule has 1 aliphatic rings. The molecule has 0 radical (unpaired) electrons. The number of benzene rings is 1. The Kier molecular flexibility index (Phi) is 5.10. The molecule has 0 unspecified atom stereocenters. The number of hydrogen-bond acceptors (Lipinski definition) is 1. The Morgan fingerprint density at radius 3 is 2.44 bits per heavy atom. The molecule has 3 heteroatoms. The molecule has 0 saturated heterocycles. The molecular formula is C13H19Cl2N. The second kappa shape index (κ2) is 5.90. The predicted octanol–water partition coefficient (Wildman–Crippen LogP) is 4.14. The van der Waals surface area contributed by atoms with E-state index in [1.807, 2.05) is 12.1 Å². The van der Waals surface area contributed by atoms with Crippen LogP contribution in [0, 0.1) is 0 Å². The molecule has 16 heavy (non-hydrogen) atoms. The third-order valence-corrected chi connectivity index (χ3v) is 3.80. The minimum Gasteiger partial charge on any atom is -0.310 e. The third kappa shape index (κ3) is 2.71. The van der Waals surface area contributed by atoms with Crippen LogP contribution in [0.1, 0.15) is 37.7 Å². The van der Waals surface area contributed by atoms with E-state index in [2.05, 4.69) is 24.5 Å². The highest BCUT2D eigenvalue weighted by molar-refractivity contribution is 6.30. The summed E-state index contributed by atoms with van der Waals surface area (Å²) in [5.74, 6) is 0. The maximum absolute atomic E-state index is 6.06.